The second kappa shape index (κ2) is 16.1. The molecule has 5 aromatic carbocycles. The number of ether oxygens (including phenoxy) is 1. The standard InChI is InChI=1S/C44H46N2O3P/c47-43(46(37-21-8-2-9-22-37)44(48)42(35-18-6-1-7-19-35)45-30-32-49-33-31-45)41-29-17-16-20-36(41)34-50(38-23-10-3-11-24-38,39-25-12-4-13-26-39)40-27-14-5-15-28-40/h1,3-7,10-20,23-29,37,42H,2,8-9,21-22,30-34H2/q+1. The maximum Gasteiger partial charge on any atom is 0.261 e. The topological polar surface area (TPSA) is 49.9 Å². The first-order chi connectivity index (χ1) is 24.7. The van der Waals surface area contributed by atoms with Crippen molar-refractivity contribution in [2.75, 3.05) is 26.3 Å². The van der Waals surface area contributed by atoms with Crippen molar-refractivity contribution in [3.63, 3.8) is 0 Å². The van der Waals surface area contributed by atoms with Gasteiger partial charge in [0.05, 0.1) is 19.4 Å². The first-order valence-corrected chi connectivity index (χ1v) is 20.0. The van der Waals surface area contributed by atoms with Crippen LogP contribution in [0.1, 0.15) is 59.6 Å². The molecule has 0 aromatic heterocycles. The van der Waals surface area contributed by atoms with Crippen LogP contribution in [0.3, 0.4) is 0 Å². The van der Waals surface area contributed by atoms with E-state index in [1.807, 2.05) is 48.5 Å². The quantitative estimate of drug-likeness (QED) is 0.143. The van der Waals surface area contributed by atoms with Crippen LogP contribution >= 0.6 is 7.26 Å². The monoisotopic (exact) mass is 681 g/mol. The first-order valence-electron chi connectivity index (χ1n) is 18.0. The van der Waals surface area contributed by atoms with E-state index in [2.05, 4.69) is 102 Å². The van der Waals surface area contributed by atoms with Crippen LogP contribution in [0, 0.1) is 0 Å². The molecule has 0 spiro atoms. The highest BCUT2D eigenvalue weighted by Crippen LogP contribution is 2.58. The Bertz CT molecular complexity index is 1740. The highest BCUT2D eigenvalue weighted by atomic mass is 31.2. The molecule has 6 heteroatoms. The fourth-order valence-corrected chi connectivity index (χ4v) is 12.2. The van der Waals surface area contributed by atoms with Crippen LogP contribution in [0.2, 0.25) is 0 Å². The van der Waals surface area contributed by atoms with Crippen molar-refractivity contribution in [3.05, 3.63) is 162 Å². The van der Waals surface area contributed by atoms with Gasteiger partial charge in [0, 0.05) is 30.3 Å². The van der Waals surface area contributed by atoms with Gasteiger partial charge in [-0.25, -0.2) is 0 Å². The van der Waals surface area contributed by atoms with Crippen LogP contribution in [0.15, 0.2) is 146 Å². The third-order valence-electron chi connectivity index (χ3n) is 10.4. The molecule has 5 nitrogen and oxygen atoms in total. The Morgan fingerprint density at radius 3 is 1.66 bits per heavy atom. The third kappa shape index (κ3) is 7.09. The number of benzene rings is 5. The normalized spacial score (nSPS) is 16.4. The van der Waals surface area contributed by atoms with Crippen molar-refractivity contribution < 1.29 is 14.3 Å². The van der Waals surface area contributed by atoms with Gasteiger partial charge >= 0.3 is 0 Å². The molecule has 1 atom stereocenters. The summed E-state index contributed by atoms with van der Waals surface area (Å²) in [5.41, 5.74) is 2.51. The fourth-order valence-electron chi connectivity index (χ4n) is 7.92. The molecule has 1 unspecified atom stereocenters. The van der Waals surface area contributed by atoms with Crippen LogP contribution in [0.4, 0.5) is 0 Å². The molecule has 2 amide bonds. The lowest BCUT2D eigenvalue weighted by Gasteiger charge is -2.40. The van der Waals surface area contributed by atoms with Gasteiger partial charge in [0.2, 0.25) is 0 Å². The average Bonchev–Trinajstić information content (AvgIpc) is 3.19. The van der Waals surface area contributed by atoms with Crippen LogP contribution in [-0.2, 0) is 15.7 Å². The summed E-state index contributed by atoms with van der Waals surface area (Å²) in [5.74, 6) is -0.306. The summed E-state index contributed by atoms with van der Waals surface area (Å²) in [6.07, 6.45) is 5.49. The zero-order chi connectivity index (χ0) is 34.2. The van der Waals surface area contributed by atoms with Gasteiger partial charge in [-0.3, -0.25) is 19.4 Å². The van der Waals surface area contributed by atoms with E-state index in [1.54, 1.807) is 4.90 Å². The van der Waals surface area contributed by atoms with Crippen LogP contribution < -0.4 is 15.9 Å². The van der Waals surface area contributed by atoms with Crippen molar-refractivity contribution in [1.82, 2.24) is 9.80 Å². The van der Waals surface area contributed by atoms with E-state index < -0.39 is 13.3 Å². The van der Waals surface area contributed by atoms with Gasteiger partial charge in [0.15, 0.2) is 0 Å². The number of carbonyl (C=O) groups is 2. The summed E-state index contributed by atoms with van der Waals surface area (Å²) in [6, 6.07) is 49.7. The molecule has 0 bridgehead atoms. The van der Waals surface area contributed by atoms with E-state index in [1.165, 1.54) is 15.9 Å². The maximum absolute atomic E-state index is 15.3. The van der Waals surface area contributed by atoms with Crippen molar-refractivity contribution in [2.24, 2.45) is 0 Å². The second-order valence-corrected chi connectivity index (χ2v) is 16.9. The SMILES string of the molecule is O=C(c1ccccc1C[P+](c1ccccc1)(c1ccccc1)c1ccccc1)N(C(=O)C(c1ccccc1)N1CCOCC1)C1CCCCC1. The zero-order valence-corrected chi connectivity index (χ0v) is 29.5. The van der Waals surface area contributed by atoms with Crippen molar-refractivity contribution >= 4 is 35.0 Å². The van der Waals surface area contributed by atoms with Crippen molar-refractivity contribution in [2.45, 2.75) is 50.3 Å². The van der Waals surface area contributed by atoms with Gasteiger partial charge in [0.25, 0.3) is 11.8 Å². The number of nitrogens with zero attached hydrogens (tertiary/aromatic N) is 2. The molecule has 1 saturated carbocycles. The van der Waals surface area contributed by atoms with E-state index >= 15 is 9.59 Å². The molecule has 254 valence electrons. The Labute approximate surface area is 297 Å². The Morgan fingerprint density at radius 2 is 1.12 bits per heavy atom. The molecule has 1 aliphatic heterocycles. The van der Waals surface area contributed by atoms with E-state index in [0.717, 1.165) is 43.2 Å². The number of hydrogen-bond donors (Lipinski definition) is 0. The molecule has 5 aromatic rings. The molecular weight excluding hydrogens is 635 g/mol. The van der Waals surface area contributed by atoms with Gasteiger partial charge < -0.3 is 4.74 Å². The Hall–Kier alpha value is -4.41. The maximum atomic E-state index is 15.3. The van der Waals surface area contributed by atoms with Crippen LogP contribution in [-0.4, -0.2) is 54.0 Å². The Balaban J connectivity index is 1.35. The summed E-state index contributed by atoms with van der Waals surface area (Å²) in [5, 5.41) is 3.78. The van der Waals surface area contributed by atoms with Gasteiger partial charge in [-0.1, -0.05) is 122 Å². The number of carbonyl (C=O) groups excluding carboxylic acids is 2. The number of amides is 2. The molecule has 7 rings (SSSR count). The molecular formula is C44H46N2O3P+. The minimum absolute atomic E-state index is 0.125. The largest absolute Gasteiger partial charge is 0.379 e. The summed E-state index contributed by atoms with van der Waals surface area (Å²) >= 11 is 0. The number of rotatable bonds is 10. The summed E-state index contributed by atoms with van der Waals surface area (Å²) in [6.45, 7) is 2.43. The molecule has 2 fully saturated rings. The van der Waals surface area contributed by atoms with E-state index in [4.69, 9.17) is 4.74 Å². The second-order valence-electron chi connectivity index (χ2n) is 13.4. The number of morpholine rings is 1. The summed E-state index contributed by atoms with van der Waals surface area (Å²) in [7, 11) is -2.29. The fraction of sp³-hybridized carbons (Fsp3) is 0.273. The lowest BCUT2D eigenvalue weighted by molar-refractivity contribution is -0.139. The zero-order valence-electron chi connectivity index (χ0n) is 28.6. The third-order valence-corrected chi connectivity index (χ3v) is 14.8. The van der Waals surface area contributed by atoms with Crippen LogP contribution in [0.25, 0.3) is 0 Å². The molecule has 0 N–H and O–H groups in total. The van der Waals surface area contributed by atoms with E-state index in [-0.39, 0.29) is 17.9 Å². The van der Waals surface area contributed by atoms with Crippen molar-refractivity contribution in [3.8, 4) is 0 Å². The molecule has 1 aliphatic carbocycles. The van der Waals surface area contributed by atoms with Gasteiger partial charge in [0.1, 0.15) is 29.2 Å². The Kier molecular flexibility index (Phi) is 11.0. The molecule has 1 heterocycles. The summed E-state index contributed by atoms with van der Waals surface area (Å²) in [4.78, 5) is 34.3. The minimum atomic E-state index is -2.29. The lowest BCUT2D eigenvalue weighted by atomic mass is 9.92. The predicted molar refractivity (Wildman–Crippen MR) is 205 cm³/mol. The van der Waals surface area contributed by atoms with E-state index in [0.29, 0.717) is 38.0 Å². The smallest absolute Gasteiger partial charge is 0.261 e. The first kappa shape index (κ1) is 34.1. The molecule has 50 heavy (non-hydrogen) atoms. The van der Waals surface area contributed by atoms with Crippen LogP contribution in [0.5, 0.6) is 0 Å². The highest BCUT2D eigenvalue weighted by molar-refractivity contribution is 7.95. The van der Waals surface area contributed by atoms with E-state index in [9.17, 15) is 0 Å². The lowest BCUT2D eigenvalue weighted by Crippen LogP contribution is -2.52. The van der Waals surface area contributed by atoms with Gasteiger partial charge in [-0.2, -0.15) is 0 Å². The minimum Gasteiger partial charge on any atom is -0.379 e. The number of imide groups is 1. The Morgan fingerprint density at radius 1 is 0.640 bits per heavy atom. The number of hydrogen-bond acceptors (Lipinski definition) is 4. The molecule has 0 radical (unpaired) electrons. The predicted octanol–water partition coefficient (Wildman–Crippen LogP) is 7.56. The molecule has 1 saturated heterocycles. The van der Waals surface area contributed by atoms with Gasteiger partial charge in [-0.05, 0) is 60.9 Å². The summed E-state index contributed by atoms with van der Waals surface area (Å²) < 4.78 is 5.70. The van der Waals surface area contributed by atoms with Gasteiger partial charge in [-0.15, -0.1) is 0 Å². The van der Waals surface area contributed by atoms with Crippen molar-refractivity contribution in [1.29, 1.82) is 0 Å². The highest BCUT2D eigenvalue weighted by Gasteiger charge is 2.47. The average molecular weight is 682 g/mol. The molecule has 2 aliphatic rings.